The maximum Gasteiger partial charge on any atom is 0.161 e. The number of rotatable bonds is 4. The van der Waals surface area contributed by atoms with Crippen molar-refractivity contribution in [3.63, 3.8) is 0 Å². The summed E-state index contributed by atoms with van der Waals surface area (Å²) in [4.78, 5) is 10.5. The van der Waals surface area contributed by atoms with Gasteiger partial charge < -0.3 is 4.42 Å². The Labute approximate surface area is 260 Å². The molecule has 0 saturated carbocycles. The fourth-order valence-electron chi connectivity index (χ4n) is 6.59. The quantitative estimate of drug-likeness (QED) is 0.210. The lowest BCUT2D eigenvalue weighted by molar-refractivity contribution is 0.673. The number of para-hydroxylation sites is 1. The van der Waals surface area contributed by atoms with E-state index in [0.717, 1.165) is 77.1 Å². The van der Waals surface area contributed by atoms with Gasteiger partial charge in [-0.3, -0.25) is 0 Å². The Hall–Kier alpha value is -6.06. The highest BCUT2D eigenvalue weighted by Gasteiger charge is 2.20. The average Bonchev–Trinajstić information content (AvgIpc) is 3.51. The largest absolute Gasteiger partial charge is 0.455 e. The smallest absolute Gasteiger partial charge is 0.161 e. The van der Waals surface area contributed by atoms with Crippen LogP contribution in [-0.2, 0) is 0 Å². The van der Waals surface area contributed by atoms with Crippen molar-refractivity contribution in [3.05, 3.63) is 158 Å². The van der Waals surface area contributed by atoms with Crippen LogP contribution in [0.2, 0.25) is 0 Å². The minimum absolute atomic E-state index is 0.693. The molecule has 0 fully saturated rings. The molecule has 0 aliphatic carbocycles. The van der Waals surface area contributed by atoms with E-state index in [1.807, 2.05) is 18.2 Å². The van der Waals surface area contributed by atoms with Crippen molar-refractivity contribution >= 4 is 43.6 Å². The van der Waals surface area contributed by atoms with Crippen LogP contribution < -0.4 is 0 Å². The van der Waals surface area contributed by atoms with Crippen LogP contribution in [-0.4, -0.2) is 9.97 Å². The van der Waals surface area contributed by atoms with Crippen LogP contribution in [0, 0.1) is 0 Å². The molecule has 0 atom stereocenters. The Bertz CT molecular complexity index is 2530. The Morgan fingerprint density at radius 3 is 1.87 bits per heavy atom. The minimum atomic E-state index is 0.693. The van der Waals surface area contributed by atoms with Gasteiger partial charge in [0.15, 0.2) is 5.82 Å². The van der Waals surface area contributed by atoms with Crippen LogP contribution in [0.5, 0.6) is 0 Å². The van der Waals surface area contributed by atoms with Gasteiger partial charge in [0.25, 0.3) is 0 Å². The summed E-state index contributed by atoms with van der Waals surface area (Å²) in [5.74, 6) is 0.693. The van der Waals surface area contributed by atoms with Gasteiger partial charge in [-0.15, -0.1) is 0 Å². The monoisotopic (exact) mass is 574 g/mol. The highest BCUT2D eigenvalue weighted by Crippen LogP contribution is 2.43. The third-order valence-corrected chi connectivity index (χ3v) is 8.67. The van der Waals surface area contributed by atoms with E-state index in [0.29, 0.717) is 5.82 Å². The van der Waals surface area contributed by atoms with Crippen molar-refractivity contribution in [2.75, 3.05) is 0 Å². The molecule has 0 spiro atoms. The zero-order valence-electron chi connectivity index (χ0n) is 24.3. The van der Waals surface area contributed by atoms with E-state index in [-0.39, 0.29) is 0 Å². The maximum atomic E-state index is 6.60. The predicted octanol–water partition coefficient (Wildman–Crippen LogP) is 11.4. The van der Waals surface area contributed by atoms with Gasteiger partial charge in [-0.2, -0.15) is 0 Å². The molecule has 0 unspecified atom stereocenters. The number of hydrogen-bond acceptors (Lipinski definition) is 3. The Morgan fingerprint density at radius 1 is 0.400 bits per heavy atom. The van der Waals surface area contributed by atoms with Gasteiger partial charge in [0.1, 0.15) is 11.2 Å². The van der Waals surface area contributed by atoms with Gasteiger partial charge in [0, 0.05) is 32.7 Å². The summed E-state index contributed by atoms with van der Waals surface area (Å²) in [5.41, 5.74) is 10.2. The molecule has 3 nitrogen and oxygen atoms in total. The molecule has 3 heteroatoms. The summed E-state index contributed by atoms with van der Waals surface area (Å²) < 4.78 is 6.60. The second kappa shape index (κ2) is 10.3. The van der Waals surface area contributed by atoms with E-state index in [1.54, 1.807) is 0 Å². The minimum Gasteiger partial charge on any atom is -0.455 e. The molecular formula is C42H26N2O. The SMILES string of the molecule is c1ccc(-c2cccc(-c3nc(-c4cc5c(oc6cccc(-c7ccccc7)c65)c5ccccc45)nc4ccccc34)c2)cc1. The van der Waals surface area contributed by atoms with E-state index in [1.165, 1.54) is 5.56 Å². The first-order valence-electron chi connectivity index (χ1n) is 15.2. The van der Waals surface area contributed by atoms with Crippen LogP contribution in [0.4, 0.5) is 0 Å². The summed E-state index contributed by atoms with van der Waals surface area (Å²) in [6.07, 6.45) is 0. The third-order valence-electron chi connectivity index (χ3n) is 8.67. The number of furan rings is 1. The molecular weight excluding hydrogens is 548 g/mol. The standard InChI is InChI=1S/C42H26N2O/c1-3-13-27(14-4-1)29-17-11-18-30(25-29)40-34-21-9-10-23-37(34)43-42(44-40)35-26-36-39-31(28-15-5-2-6-16-28)22-12-24-38(39)45-41(36)33-20-8-7-19-32(33)35/h1-26H. The van der Waals surface area contributed by atoms with Crippen LogP contribution in [0.3, 0.4) is 0 Å². The second-order valence-corrected chi connectivity index (χ2v) is 11.4. The van der Waals surface area contributed by atoms with Crippen LogP contribution >= 0.6 is 0 Å². The fourth-order valence-corrected chi connectivity index (χ4v) is 6.59. The molecule has 0 aliphatic heterocycles. The van der Waals surface area contributed by atoms with E-state index in [9.17, 15) is 0 Å². The van der Waals surface area contributed by atoms with Crippen molar-refractivity contribution in [2.24, 2.45) is 0 Å². The first kappa shape index (κ1) is 25.4. The highest BCUT2D eigenvalue weighted by atomic mass is 16.3. The summed E-state index contributed by atoms with van der Waals surface area (Å²) in [5, 5.41) is 5.29. The molecule has 0 amide bonds. The summed E-state index contributed by atoms with van der Waals surface area (Å²) >= 11 is 0. The van der Waals surface area contributed by atoms with E-state index in [4.69, 9.17) is 14.4 Å². The van der Waals surface area contributed by atoms with Crippen molar-refractivity contribution in [2.45, 2.75) is 0 Å². The first-order chi connectivity index (χ1) is 22.3. The summed E-state index contributed by atoms with van der Waals surface area (Å²) in [6, 6.07) is 54.8. The summed E-state index contributed by atoms with van der Waals surface area (Å²) in [7, 11) is 0. The lowest BCUT2D eigenvalue weighted by Crippen LogP contribution is -1.96. The molecule has 2 heterocycles. The van der Waals surface area contributed by atoms with Gasteiger partial charge in [0.2, 0.25) is 0 Å². The van der Waals surface area contributed by atoms with E-state index < -0.39 is 0 Å². The van der Waals surface area contributed by atoms with Crippen molar-refractivity contribution in [3.8, 4) is 44.9 Å². The molecule has 0 radical (unpaired) electrons. The van der Waals surface area contributed by atoms with Gasteiger partial charge in [-0.05, 0) is 51.9 Å². The normalized spacial score (nSPS) is 11.6. The Balaban J connectivity index is 1.34. The predicted molar refractivity (Wildman–Crippen MR) is 186 cm³/mol. The zero-order valence-corrected chi connectivity index (χ0v) is 24.3. The molecule has 45 heavy (non-hydrogen) atoms. The number of nitrogens with zero attached hydrogens (tertiary/aromatic N) is 2. The summed E-state index contributed by atoms with van der Waals surface area (Å²) in [6.45, 7) is 0. The first-order valence-corrected chi connectivity index (χ1v) is 15.2. The number of benzene rings is 7. The van der Waals surface area contributed by atoms with Gasteiger partial charge >= 0.3 is 0 Å². The Morgan fingerprint density at radius 2 is 1.04 bits per heavy atom. The highest BCUT2D eigenvalue weighted by molar-refractivity contribution is 6.22. The van der Waals surface area contributed by atoms with E-state index >= 15 is 0 Å². The topological polar surface area (TPSA) is 38.9 Å². The molecule has 9 rings (SSSR count). The van der Waals surface area contributed by atoms with Crippen molar-refractivity contribution < 1.29 is 4.42 Å². The number of hydrogen-bond donors (Lipinski definition) is 0. The zero-order chi connectivity index (χ0) is 29.7. The third kappa shape index (κ3) is 4.21. The van der Waals surface area contributed by atoms with Gasteiger partial charge in [-0.1, -0.05) is 133 Å². The lowest BCUT2D eigenvalue weighted by Gasteiger charge is -2.13. The van der Waals surface area contributed by atoms with Gasteiger partial charge in [0.05, 0.1) is 11.2 Å². The fraction of sp³-hybridized carbons (Fsp3) is 0. The average molecular weight is 575 g/mol. The molecule has 0 aliphatic rings. The van der Waals surface area contributed by atoms with Crippen LogP contribution in [0.25, 0.3) is 88.5 Å². The lowest BCUT2D eigenvalue weighted by atomic mass is 9.95. The van der Waals surface area contributed by atoms with Crippen molar-refractivity contribution in [1.82, 2.24) is 9.97 Å². The van der Waals surface area contributed by atoms with Crippen LogP contribution in [0.1, 0.15) is 0 Å². The second-order valence-electron chi connectivity index (χ2n) is 11.4. The number of aromatic nitrogens is 2. The molecule has 0 bridgehead atoms. The molecule has 9 aromatic rings. The molecule has 7 aromatic carbocycles. The molecule has 210 valence electrons. The molecule has 0 saturated heterocycles. The van der Waals surface area contributed by atoms with Crippen molar-refractivity contribution in [1.29, 1.82) is 0 Å². The molecule has 0 N–H and O–H groups in total. The van der Waals surface area contributed by atoms with Crippen LogP contribution in [0.15, 0.2) is 162 Å². The number of fused-ring (bicyclic) bond motifs is 6. The Kier molecular flexibility index (Phi) is 5.82. The molecule has 2 aromatic heterocycles. The maximum absolute atomic E-state index is 6.60. The van der Waals surface area contributed by atoms with Gasteiger partial charge in [-0.25, -0.2) is 9.97 Å². The van der Waals surface area contributed by atoms with E-state index in [2.05, 4.69) is 140 Å².